The molecule has 1 unspecified atom stereocenters. The van der Waals surface area contributed by atoms with Crippen molar-refractivity contribution in [2.75, 3.05) is 0 Å². The number of carbonyl (C=O) groups is 1. The average molecular weight is 357 g/mol. The second-order valence-corrected chi connectivity index (χ2v) is 5.77. The summed E-state index contributed by atoms with van der Waals surface area (Å²) >= 11 is 6.05. The van der Waals surface area contributed by atoms with Gasteiger partial charge in [0.25, 0.3) is 5.91 Å². The second kappa shape index (κ2) is 7.15. The van der Waals surface area contributed by atoms with Gasteiger partial charge in [0.1, 0.15) is 12.3 Å². The average Bonchev–Trinajstić information content (AvgIpc) is 3.26. The Hall–Kier alpha value is -3.18. The lowest BCUT2D eigenvalue weighted by Crippen LogP contribution is -2.36. The highest BCUT2D eigenvalue weighted by molar-refractivity contribution is 6.32. The predicted octanol–water partition coefficient (Wildman–Crippen LogP) is 2.28. The predicted molar refractivity (Wildman–Crippen MR) is 88.6 cm³/mol. The Morgan fingerprint density at radius 2 is 2.32 bits per heavy atom. The summed E-state index contributed by atoms with van der Waals surface area (Å²) in [6.45, 7) is 2.28. The molecule has 126 valence electrons. The number of hydrogen-bond acceptors (Lipinski definition) is 6. The van der Waals surface area contributed by atoms with Crippen molar-refractivity contribution in [1.29, 1.82) is 5.26 Å². The van der Waals surface area contributed by atoms with E-state index in [0.717, 1.165) is 0 Å². The van der Waals surface area contributed by atoms with Gasteiger partial charge in [0.15, 0.2) is 5.69 Å². The van der Waals surface area contributed by atoms with Gasteiger partial charge in [-0.2, -0.15) is 10.4 Å². The molecule has 0 aliphatic heterocycles. The van der Waals surface area contributed by atoms with Crippen molar-refractivity contribution in [3.63, 3.8) is 0 Å². The van der Waals surface area contributed by atoms with Crippen LogP contribution in [-0.2, 0) is 6.54 Å². The van der Waals surface area contributed by atoms with Crippen LogP contribution >= 0.6 is 11.6 Å². The van der Waals surface area contributed by atoms with E-state index in [9.17, 15) is 10.1 Å². The van der Waals surface area contributed by atoms with Gasteiger partial charge in [-0.1, -0.05) is 28.9 Å². The molecular weight excluding hydrogens is 344 g/mol. The molecule has 3 aromatic rings. The highest BCUT2D eigenvalue weighted by Crippen LogP contribution is 2.27. The van der Waals surface area contributed by atoms with Gasteiger partial charge < -0.3 is 5.32 Å². The zero-order valence-corrected chi connectivity index (χ0v) is 13.9. The Morgan fingerprint density at radius 3 is 3.04 bits per heavy atom. The highest BCUT2D eigenvalue weighted by Gasteiger charge is 2.15. The molecule has 8 nitrogen and oxygen atoms in total. The van der Waals surface area contributed by atoms with Crippen LogP contribution in [0, 0.1) is 11.3 Å². The fraction of sp³-hybridized carbons (Fsp3) is 0.188. The van der Waals surface area contributed by atoms with Crippen LogP contribution in [-0.4, -0.2) is 32.0 Å². The molecule has 0 aliphatic rings. The van der Waals surface area contributed by atoms with Crippen LogP contribution in [0.15, 0.2) is 41.3 Å². The number of rotatable bonds is 5. The third kappa shape index (κ3) is 3.67. The van der Waals surface area contributed by atoms with E-state index in [1.165, 1.54) is 6.20 Å². The van der Waals surface area contributed by atoms with Crippen LogP contribution in [0.1, 0.15) is 23.0 Å². The summed E-state index contributed by atoms with van der Waals surface area (Å²) in [4.78, 5) is 11.9. The van der Waals surface area contributed by atoms with Crippen molar-refractivity contribution in [3.8, 4) is 17.3 Å². The van der Waals surface area contributed by atoms with E-state index in [4.69, 9.17) is 11.6 Å². The fourth-order valence-corrected chi connectivity index (χ4v) is 2.56. The summed E-state index contributed by atoms with van der Waals surface area (Å²) in [7, 11) is 0. The summed E-state index contributed by atoms with van der Waals surface area (Å²) in [6, 6.07) is 8.91. The number of carbonyl (C=O) groups excluding carboxylic acids is 1. The lowest BCUT2D eigenvalue weighted by Gasteiger charge is -2.12. The van der Waals surface area contributed by atoms with Crippen LogP contribution in [0.3, 0.4) is 0 Å². The number of nitrogens with one attached hydrogen (secondary N) is 1. The van der Waals surface area contributed by atoms with Gasteiger partial charge in [0, 0.05) is 17.8 Å². The summed E-state index contributed by atoms with van der Waals surface area (Å²) in [5.74, 6) is -0.372. The van der Waals surface area contributed by atoms with E-state index >= 15 is 0 Å². The maximum absolute atomic E-state index is 11.9. The molecule has 9 heteroatoms. The van der Waals surface area contributed by atoms with Crippen molar-refractivity contribution in [2.45, 2.75) is 19.5 Å². The molecule has 1 atom stereocenters. The third-order valence-electron chi connectivity index (χ3n) is 3.47. The third-order valence-corrected chi connectivity index (χ3v) is 3.79. The maximum atomic E-state index is 11.9. The molecule has 1 amide bonds. The Morgan fingerprint density at radius 1 is 1.48 bits per heavy atom. The van der Waals surface area contributed by atoms with Gasteiger partial charge in [-0.05, 0) is 24.2 Å². The minimum atomic E-state index is -0.372. The Labute approximate surface area is 148 Å². The molecule has 0 saturated carbocycles. The second-order valence-electron chi connectivity index (χ2n) is 5.36. The first kappa shape index (κ1) is 16.7. The number of benzene rings is 1. The van der Waals surface area contributed by atoms with Gasteiger partial charge in [0.05, 0.1) is 22.8 Å². The first-order valence-electron chi connectivity index (χ1n) is 7.39. The van der Waals surface area contributed by atoms with E-state index in [1.807, 2.05) is 6.92 Å². The van der Waals surface area contributed by atoms with Crippen LogP contribution in [0.5, 0.6) is 0 Å². The quantitative estimate of drug-likeness (QED) is 0.751. The lowest BCUT2D eigenvalue weighted by molar-refractivity contribution is 0.0926. The van der Waals surface area contributed by atoms with Crippen LogP contribution < -0.4 is 5.32 Å². The molecule has 0 fully saturated rings. The topological polar surface area (TPSA) is 110 Å². The smallest absolute Gasteiger partial charge is 0.275 e. The zero-order chi connectivity index (χ0) is 17.8. The Kier molecular flexibility index (Phi) is 4.77. The summed E-state index contributed by atoms with van der Waals surface area (Å²) in [6.07, 6.45) is 3.02. The van der Waals surface area contributed by atoms with E-state index in [-0.39, 0.29) is 17.6 Å². The van der Waals surface area contributed by atoms with Crippen molar-refractivity contribution >= 4 is 17.5 Å². The first-order valence-corrected chi connectivity index (χ1v) is 7.77. The zero-order valence-electron chi connectivity index (χ0n) is 13.2. The number of nitrogens with zero attached hydrogens (tertiary/aromatic N) is 5. The molecule has 0 spiro atoms. The number of nitriles is 1. The maximum Gasteiger partial charge on any atom is 0.275 e. The van der Waals surface area contributed by atoms with Gasteiger partial charge in [-0.3, -0.25) is 9.48 Å². The summed E-state index contributed by atoms with van der Waals surface area (Å²) < 4.78 is 6.09. The van der Waals surface area contributed by atoms with Crippen molar-refractivity contribution in [1.82, 2.24) is 25.4 Å². The molecule has 0 bridgehead atoms. The van der Waals surface area contributed by atoms with Crippen LogP contribution in [0.25, 0.3) is 11.3 Å². The van der Waals surface area contributed by atoms with E-state index in [2.05, 4.69) is 31.4 Å². The standard InChI is InChI=1S/C16H13ClN6O2/c1-10(20-16(24)15-8-19-25-22-15)9-23-6-5-14(21-23)11-3-2-4-13(17)12(11)7-18/h2-6,8,10H,9H2,1H3,(H,20,24). The molecule has 0 aliphatic carbocycles. The van der Waals surface area contributed by atoms with Crippen molar-refractivity contribution < 1.29 is 9.42 Å². The molecular formula is C16H13ClN6O2. The number of halogens is 1. The summed E-state index contributed by atoms with van der Waals surface area (Å²) in [5, 5.41) is 23.8. The number of aromatic nitrogens is 4. The molecule has 1 aromatic carbocycles. The van der Waals surface area contributed by atoms with Crippen LogP contribution in [0.4, 0.5) is 0 Å². The Balaban J connectivity index is 1.71. The molecule has 2 aromatic heterocycles. The normalized spacial score (nSPS) is 11.7. The van der Waals surface area contributed by atoms with Gasteiger partial charge in [0.2, 0.25) is 0 Å². The van der Waals surface area contributed by atoms with Crippen molar-refractivity contribution in [2.24, 2.45) is 0 Å². The van der Waals surface area contributed by atoms with E-state index in [1.54, 1.807) is 35.1 Å². The first-order chi connectivity index (χ1) is 12.1. The molecule has 25 heavy (non-hydrogen) atoms. The number of hydrogen-bond donors (Lipinski definition) is 1. The SMILES string of the molecule is CC(Cn1ccc(-c2cccc(Cl)c2C#N)n1)NC(=O)c1cnon1. The van der Waals surface area contributed by atoms with Crippen LogP contribution in [0.2, 0.25) is 5.02 Å². The molecule has 0 radical (unpaired) electrons. The van der Waals surface area contributed by atoms with Gasteiger partial charge in [-0.15, -0.1) is 0 Å². The van der Waals surface area contributed by atoms with Gasteiger partial charge >= 0.3 is 0 Å². The molecule has 1 N–H and O–H groups in total. The monoisotopic (exact) mass is 356 g/mol. The highest BCUT2D eigenvalue weighted by atomic mass is 35.5. The summed E-state index contributed by atoms with van der Waals surface area (Å²) in [5.41, 5.74) is 1.80. The van der Waals surface area contributed by atoms with Crippen molar-refractivity contribution in [3.05, 3.63) is 52.9 Å². The largest absolute Gasteiger partial charge is 0.346 e. The molecule has 3 rings (SSSR count). The van der Waals surface area contributed by atoms with Gasteiger partial charge in [-0.25, -0.2) is 4.63 Å². The number of amides is 1. The van der Waals surface area contributed by atoms with E-state index in [0.29, 0.717) is 28.4 Å². The fourth-order valence-electron chi connectivity index (χ4n) is 2.35. The minimum absolute atomic E-state index is 0.116. The minimum Gasteiger partial charge on any atom is -0.346 e. The lowest BCUT2D eigenvalue weighted by atomic mass is 10.1. The molecule has 0 saturated heterocycles. The molecule has 2 heterocycles. The Bertz CT molecular complexity index is 929. The van der Waals surface area contributed by atoms with E-state index < -0.39 is 0 Å².